The van der Waals surface area contributed by atoms with Crippen LogP contribution in [-0.4, -0.2) is 35.1 Å². The Hall–Kier alpha value is -3.06. The minimum absolute atomic E-state index is 0.291. The Morgan fingerprint density at radius 2 is 1.83 bits per heavy atom. The van der Waals surface area contributed by atoms with E-state index in [1.165, 1.54) is 0 Å². The first-order valence-electron chi connectivity index (χ1n) is 9.67. The Labute approximate surface area is 180 Å². The third-order valence-electron chi connectivity index (χ3n) is 4.36. The monoisotopic (exact) mass is 424 g/mol. The fourth-order valence-electron chi connectivity index (χ4n) is 2.76. The Bertz CT molecular complexity index is 983. The van der Waals surface area contributed by atoms with Crippen LogP contribution in [-0.2, 0) is 9.59 Å². The molecule has 0 atom stereocenters. The van der Waals surface area contributed by atoms with Crippen molar-refractivity contribution in [2.75, 3.05) is 18.5 Å². The summed E-state index contributed by atoms with van der Waals surface area (Å²) in [6, 6.07) is 14.6. The van der Waals surface area contributed by atoms with Crippen molar-refractivity contribution in [3.8, 4) is 5.75 Å². The van der Waals surface area contributed by atoms with Gasteiger partial charge in [-0.15, -0.1) is 0 Å². The highest BCUT2D eigenvalue weighted by Gasteiger charge is 2.36. The first-order chi connectivity index (χ1) is 14.3. The average Bonchev–Trinajstić information content (AvgIpc) is 2.96. The van der Waals surface area contributed by atoms with E-state index in [0.717, 1.165) is 33.5 Å². The number of hydrogen-bond donors (Lipinski definition) is 1. The quantitative estimate of drug-likeness (QED) is 0.652. The number of carbonyl (C=O) groups excluding carboxylic acids is 3. The van der Waals surface area contributed by atoms with Gasteiger partial charge < -0.3 is 10.1 Å². The summed E-state index contributed by atoms with van der Waals surface area (Å²) < 4.78 is 5.65. The minimum Gasteiger partial charge on any atom is -0.493 e. The molecule has 1 N–H and O–H groups in total. The van der Waals surface area contributed by atoms with E-state index in [4.69, 9.17) is 4.74 Å². The number of para-hydroxylation sites is 1. The molecule has 1 heterocycles. The summed E-state index contributed by atoms with van der Waals surface area (Å²) in [6.07, 6.45) is 1.65. The molecule has 3 amide bonds. The number of ether oxygens (including phenoxy) is 1. The van der Waals surface area contributed by atoms with E-state index in [-0.39, 0.29) is 6.54 Å². The molecule has 1 aliphatic rings. The van der Waals surface area contributed by atoms with Crippen molar-refractivity contribution in [2.45, 2.75) is 20.8 Å². The number of rotatable bonds is 7. The van der Waals surface area contributed by atoms with E-state index in [9.17, 15) is 14.4 Å². The second-order valence-corrected chi connectivity index (χ2v) is 8.40. The molecule has 0 aromatic heterocycles. The van der Waals surface area contributed by atoms with Crippen molar-refractivity contribution in [2.24, 2.45) is 5.92 Å². The average molecular weight is 425 g/mol. The molecule has 0 spiro atoms. The van der Waals surface area contributed by atoms with Crippen molar-refractivity contribution in [3.05, 3.63) is 64.6 Å². The lowest BCUT2D eigenvalue weighted by Gasteiger charge is -2.13. The molecule has 2 aromatic carbocycles. The van der Waals surface area contributed by atoms with Gasteiger partial charge in [-0.25, -0.2) is 0 Å². The highest BCUT2D eigenvalue weighted by Crippen LogP contribution is 2.32. The van der Waals surface area contributed by atoms with E-state index >= 15 is 0 Å². The number of hydrogen-bond acceptors (Lipinski definition) is 5. The zero-order valence-electron chi connectivity index (χ0n) is 17.2. The topological polar surface area (TPSA) is 75.7 Å². The lowest BCUT2D eigenvalue weighted by Crippen LogP contribution is -2.36. The van der Waals surface area contributed by atoms with Crippen LogP contribution < -0.4 is 10.1 Å². The SMILES string of the molecule is Cc1ccccc1NC(=O)CN1C(=O)S/C(=C\c2ccc(OCC(C)C)cc2)C1=O. The Balaban J connectivity index is 1.64. The third-order valence-corrected chi connectivity index (χ3v) is 5.26. The Morgan fingerprint density at radius 3 is 2.50 bits per heavy atom. The summed E-state index contributed by atoms with van der Waals surface area (Å²) in [5.74, 6) is 0.297. The number of carbonyl (C=O) groups is 3. The summed E-state index contributed by atoms with van der Waals surface area (Å²) in [6.45, 7) is 6.33. The van der Waals surface area contributed by atoms with Gasteiger partial charge >= 0.3 is 0 Å². The highest BCUT2D eigenvalue weighted by molar-refractivity contribution is 8.18. The molecule has 1 aliphatic heterocycles. The molecule has 30 heavy (non-hydrogen) atoms. The number of imide groups is 1. The van der Waals surface area contributed by atoms with Gasteiger partial charge in [0.1, 0.15) is 12.3 Å². The number of nitrogens with zero attached hydrogens (tertiary/aromatic N) is 1. The third kappa shape index (κ3) is 5.51. The largest absolute Gasteiger partial charge is 0.493 e. The molecular formula is C23H24N2O4S. The maximum absolute atomic E-state index is 12.6. The zero-order valence-corrected chi connectivity index (χ0v) is 18.0. The molecule has 1 saturated heterocycles. The van der Waals surface area contributed by atoms with Crippen molar-refractivity contribution >= 4 is 40.6 Å². The number of aryl methyl sites for hydroxylation is 1. The van der Waals surface area contributed by atoms with Gasteiger partial charge in [0.2, 0.25) is 5.91 Å². The van der Waals surface area contributed by atoms with Crippen LogP contribution in [0.4, 0.5) is 10.5 Å². The lowest BCUT2D eigenvalue weighted by molar-refractivity contribution is -0.127. The Morgan fingerprint density at radius 1 is 1.13 bits per heavy atom. The van der Waals surface area contributed by atoms with Gasteiger partial charge in [-0.05, 0) is 60.0 Å². The summed E-state index contributed by atoms with van der Waals surface area (Å²) in [4.78, 5) is 38.5. The van der Waals surface area contributed by atoms with Crippen LogP contribution in [0.3, 0.4) is 0 Å². The molecule has 0 saturated carbocycles. The minimum atomic E-state index is -0.468. The Kier molecular flexibility index (Phi) is 6.95. The second kappa shape index (κ2) is 9.63. The van der Waals surface area contributed by atoms with Crippen LogP contribution in [0, 0.1) is 12.8 Å². The van der Waals surface area contributed by atoms with Crippen molar-refractivity contribution in [1.29, 1.82) is 0 Å². The van der Waals surface area contributed by atoms with E-state index in [1.54, 1.807) is 12.1 Å². The van der Waals surface area contributed by atoms with E-state index in [2.05, 4.69) is 19.2 Å². The maximum Gasteiger partial charge on any atom is 0.294 e. The fraction of sp³-hybridized carbons (Fsp3) is 0.261. The number of nitrogens with one attached hydrogen (secondary N) is 1. The molecule has 3 rings (SSSR count). The molecular weight excluding hydrogens is 400 g/mol. The predicted octanol–water partition coefficient (Wildman–Crippen LogP) is 4.70. The maximum atomic E-state index is 12.6. The standard InChI is InChI=1S/C23H24N2O4S/c1-15(2)14-29-18-10-8-17(9-11-18)12-20-22(27)25(23(28)30-20)13-21(26)24-19-7-5-4-6-16(19)3/h4-12,15H,13-14H2,1-3H3,(H,24,26)/b20-12-. The molecule has 6 nitrogen and oxygen atoms in total. The summed E-state index contributed by atoms with van der Waals surface area (Å²) >= 11 is 0.834. The second-order valence-electron chi connectivity index (χ2n) is 7.40. The van der Waals surface area contributed by atoms with E-state index in [0.29, 0.717) is 23.1 Å². The molecule has 0 unspecified atom stereocenters. The van der Waals surface area contributed by atoms with Crippen LogP contribution in [0.25, 0.3) is 6.08 Å². The number of benzene rings is 2. The van der Waals surface area contributed by atoms with Crippen LogP contribution in [0.15, 0.2) is 53.4 Å². The first-order valence-corrected chi connectivity index (χ1v) is 10.5. The molecule has 156 valence electrons. The van der Waals surface area contributed by atoms with E-state index < -0.39 is 17.1 Å². The smallest absolute Gasteiger partial charge is 0.294 e. The number of amides is 3. The molecule has 0 bridgehead atoms. The fourth-order valence-corrected chi connectivity index (χ4v) is 3.60. The van der Waals surface area contributed by atoms with Crippen LogP contribution in [0.1, 0.15) is 25.0 Å². The molecule has 1 fully saturated rings. The number of anilines is 1. The zero-order chi connectivity index (χ0) is 21.7. The normalized spacial score (nSPS) is 15.2. The molecule has 0 radical (unpaired) electrons. The number of thioether (sulfide) groups is 1. The van der Waals surface area contributed by atoms with Crippen LogP contribution in [0.5, 0.6) is 5.75 Å². The van der Waals surface area contributed by atoms with Gasteiger partial charge in [0.05, 0.1) is 11.5 Å². The van der Waals surface area contributed by atoms with Gasteiger partial charge in [-0.3, -0.25) is 19.3 Å². The van der Waals surface area contributed by atoms with Crippen LogP contribution >= 0.6 is 11.8 Å². The summed E-state index contributed by atoms with van der Waals surface area (Å²) in [7, 11) is 0. The van der Waals surface area contributed by atoms with Gasteiger partial charge in [0.15, 0.2) is 0 Å². The van der Waals surface area contributed by atoms with Crippen molar-refractivity contribution in [3.63, 3.8) is 0 Å². The van der Waals surface area contributed by atoms with E-state index in [1.807, 2.05) is 49.4 Å². The van der Waals surface area contributed by atoms with Gasteiger partial charge in [0, 0.05) is 5.69 Å². The first kappa shape index (κ1) is 21.6. The van der Waals surface area contributed by atoms with Crippen LogP contribution in [0.2, 0.25) is 0 Å². The van der Waals surface area contributed by atoms with Crippen molar-refractivity contribution in [1.82, 2.24) is 4.90 Å². The van der Waals surface area contributed by atoms with Gasteiger partial charge in [0.25, 0.3) is 11.1 Å². The molecule has 2 aromatic rings. The highest BCUT2D eigenvalue weighted by atomic mass is 32.2. The van der Waals surface area contributed by atoms with Gasteiger partial charge in [-0.1, -0.05) is 44.2 Å². The summed E-state index contributed by atoms with van der Waals surface area (Å²) in [5, 5.41) is 2.29. The molecule has 7 heteroatoms. The lowest BCUT2D eigenvalue weighted by atomic mass is 10.2. The van der Waals surface area contributed by atoms with Gasteiger partial charge in [-0.2, -0.15) is 0 Å². The summed E-state index contributed by atoms with van der Waals surface area (Å²) in [5.41, 5.74) is 2.34. The predicted molar refractivity (Wildman–Crippen MR) is 119 cm³/mol. The molecule has 0 aliphatic carbocycles. The van der Waals surface area contributed by atoms with Crippen molar-refractivity contribution < 1.29 is 19.1 Å².